The van der Waals surface area contributed by atoms with E-state index in [-0.39, 0.29) is 0 Å². The van der Waals surface area contributed by atoms with Gasteiger partial charge in [-0.15, -0.1) is 0 Å². The molecule has 15 heavy (non-hydrogen) atoms. The van der Waals surface area contributed by atoms with Crippen molar-refractivity contribution in [3.8, 4) is 0 Å². The second kappa shape index (κ2) is 7.20. The van der Waals surface area contributed by atoms with Crippen LogP contribution in [0.25, 0.3) is 0 Å². The fourth-order valence-electron chi connectivity index (χ4n) is 2.16. The average molecular weight is 214 g/mol. The summed E-state index contributed by atoms with van der Waals surface area (Å²) < 4.78 is 5.48. The molecular weight excluding hydrogens is 188 g/mol. The molecule has 90 valence electrons. The van der Waals surface area contributed by atoms with Crippen molar-refractivity contribution in [1.82, 2.24) is 4.90 Å². The molecule has 2 unspecified atom stereocenters. The molecule has 3 heteroatoms. The Hall–Kier alpha value is -0.120. The highest BCUT2D eigenvalue weighted by Gasteiger charge is 2.22. The van der Waals surface area contributed by atoms with Crippen molar-refractivity contribution in [3.05, 3.63) is 0 Å². The number of hydrogen-bond acceptors (Lipinski definition) is 3. The smallest absolute Gasteiger partial charge is 0.0622 e. The lowest BCUT2D eigenvalue weighted by Gasteiger charge is -2.36. The van der Waals surface area contributed by atoms with Crippen molar-refractivity contribution in [1.29, 1.82) is 0 Å². The highest BCUT2D eigenvalue weighted by Crippen LogP contribution is 2.11. The lowest BCUT2D eigenvalue weighted by atomic mass is 10.1. The molecule has 0 amide bonds. The van der Waals surface area contributed by atoms with E-state index in [0.29, 0.717) is 12.1 Å². The van der Waals surface area contributed by atoms with Gasteiger partial charge in [-0.2, -0.15) is 0 Å². The van der Waals surface area contributed by atoms with Crippen LogP contribution in [0.3, 0.4) is 0 Å². The van der Waals surface area contributed by atoms with E-state index in [0.717, 1.165) is 32.7 Å². The summed E-state index contributed by atoms with van der Waals surface area (Å²) in [5.74, 6) is 0. The first-order chi connectivity index (χ1) is 7.27. The number of nitrogens with two attached hydrogens (primary N) is 1. The first-order valence-corrected chi connectivity index (χ1v) is 6.35. The molecule has 0 saturated carbocycles. The molecule has 1 fully saturated rings. The zero-order valence-electron chi connectivity index (χ0n) is 10.2. The minimum atomic E-state index is 0.345. The van der Waals surface area contributed by atoms with Crippen LogP contribution in [-0.2, 0) is 4.74 Å². The maximum Gasteiger partial charge on any atom is 0.0622 e. The largest absolute Gasteiger partial charge is 0.378 e. The van der Waals surface area contributed by atoms with Crippen molar-refractivity contribution in [2.75, 3.05) is 26.3 Å². The molecule has 0 aromatic carbocycles. The predicted molar refractivity (Wildman–Crippen MR) is 64.0 cm³/mol. The molecule has 0 bridgehead atoms. The molecule has 0 radical (unpaired) electrons. The van der Waals surface area contributed by atoms with Gasteiger partial charge in [0.1, 0.15) is 0 Å². The van der Waals surface area contributed by atoms with Crippen LogP contribution in [-0.4, -0.2) is 43.3 Å². The Bertz CT molecular complexity index is 164. The molecule has 0 aliphatic carbocycles. The molecule has 0 aromatic heterocycles. The third-order valence-electron chi connectivity index (χ3n) is 3.22. The fraction of sp³-hybridized carbons (Fsp3) is 1.00. The normalized spacial score (nSPS) is 25.4. The maximum atomic E-state index is 6.13. The van der Waals surface area contributed by atoms with E-state index in [1.165, 1.54) is 19.3 Å². The molecule has 1 aliphatic rings. The van der Waals surface area contributed by atoms with Crippen LogP contribution >= 0.6 is 0 Å². The first kappa shape index (κ1) is 12.9. The summed E-state index contributed by atoms with van der Waals surface area (Å²) in [4.78, 5) is 2.50. The second-order valence-electron chi connectivity index (χ2n) is 4.53. The number of ether oxygens (including phenoxy) is 1. The monoisotopic (exact) mass is 214 g/mol. The molecule has 1 heterocycles. The van der Waals surface area contributed by atoms with Crippen LogP contribution < -0.4 is 5.73 Å². The summed E-state index contributed by atoms with van der Waals surface area (Å²) in [6.45, 7) is 8.30. The van der Waals surface area contributed by atoms with Gasteiger partial charge in [-0.3, -0.25) is 4.90 Å². The van der Waals surface area contributed by atoms with Crippen LogP contribution in [0.4, 0.5) is 0 Å². The van der Waals surface area contributed by atoms with Crippen LogP contribution in [0, 0.1) is 0 Å². The topological polar surface area (TPSA) is 38.5 Å². The molecule has 1 rings (SSSR count). The van der Waals surface area contributed by atoms with E-state index < -0.39 is 0 Å². The Balaban J connectivity index is 2.27. The van der Waals surface area contributed by atoms with E-state index in [2.05, 4.69) is 18.7 Å². The summed E-state index contributed by atoms with van der Waals surface area (Å²) in [7, 11) is 0. The van der Waals surface area contributed by atoms with Gasteiger partial charge < -0.3 is 10.5 Å². The Labute approximate surface area is 94.0 Å². The van der Waals surface area contributed by atoms with Crippen molar-refractivity contribution in [2.24, 2.45) is 5.73 Å². The zero-order valence-corrected chi connectivity index (χ0v) is 10.2. The third-order valence-corrected chi connectivity index (χ3v) is 3.22. The van der Waals surface area contributed by atoms with Crippen LogP contribution in [0.1, 0.15) is 39.5 Å². The highest BCUT2D eigenvalue weighted by molar-refractivity contribution is 4.77. The SMILES string of the molecule is CCCCC(N)CN1CCOCC1CC. The van der Waals surface area contributed by atoms with E-state index in [1.807, 2.05) is 0 Å². The van der Waals surface area contributed by atoms with E-state index >= 15 is 0 Å². The molecule has 1 aliphatic heterocycles. The van der Waals surface area contributed by atoms with Gasteiger partial charge in [-0.05, 0) is 12.8 Å². The summed E-state index contributed by atoms with van der Waals surface area (Å²) in [5, 5.41) is 0. The molecule has 1 saturated heterocycles. The van der Waals surface area contributed by atoms with Crippen molar-refractivity contribution < 1.29 is 4.74 Å². The Kier molecular flexibility index (Phi) is 6.22. The van der Waals surface area contributed by atoms with Crippen molar-refractivity contribution >= 4 is 0 Å². The molecule has 2 atom stereocenters. The minimum Gasteiger partial charge on any atom is -0.378 e. The van der Waals surface area contributed by atoms with E-state index in [1.54, 1.807) is 0 Å². The Morgan fingerprint density at radius 3 is 2.93 bits per heavy atom. The summed E-state index contributed by atoms with van der Waals surface area (Å²) in [5.41, 5.74) is 6.13. The molecule has 3 nitrogen and oxygen atoms in total. The number of rotatable bonds is 6. The van der Waals surface area contributed by atoms with Gasteiger partial charge in [-0.1, -0.05) is 26.7 Å². The Morgan fingerprint density at radius 2 is 2.27 bits per heavy atom. The van der Waals surface area contributed by atoms with Gasteiger partial charge in [0.15, 0.2) is 0 Å². The van der Waals surface area contributed by atoms with Gasteiger partial charge in [0, 0.05) is 25.2 Å². The Morgan fingerprint density at radius 1 is 1.47 bits per heavy atom. The molecular formula is C12H26N2O. The molecule has 2 N–H and O–H groups in total. The minimum absolute atomic E-state index is 0.345. The van der Waals surface area contributed by atoms with Crippen LogP contribution in [0.2, 0.25) is 0 Å². The summed E-state index contributed by atoms with van der Waals surface area (Å²) >= 11 is 0. The third kappa shape index (κ3) is 4.49. The first-order valence-electron chi connectivity index (χ1n) is 6.35. The van der Waals surface area contributed by atoms with Crippen LogP contribution in [0.5, 0.6) is 0 Å². The van der Waals surface area contributed by atoms with E-state index in [4.69, 9.17) is 10.5 Å². The number of nitrogens with zero attached hydrogens (tertiary/aromatic N) is 1. The quantitative estimate of drug-likeness (QED) is 0.730. The van der Waals surface area contributed by atoms with Gasteiger partial charge in [-0.25, -0.2) is 0 Å². The van der Waals surface area contributed by atoms with Gasteiger partial charge in [0.2, 0.25) is 0 Å². The lowest BCUT2D eigenvalue weighted by Crippen LogP contribution is -2.49. The summed E-state index contributed by atoms with van der Waals surface area (Å²) in [6.07, 6.45) is 4.82. The number of hydrogen-bond donors (Lipinski definition) is 1. The second-order valence-corrected chi connectivity index (χ2v) is 4.53. The number of unbranched alkanes of at least 4 members (excludes halogenated alkanes) is 1. The van der Waals surface area contributed by atoms with Crippen LogP contribution in [0.15, 0.2) is 0 Å². The molecule has 0 aromatic rings. The molecule has 0 spiro atoms. The van der Waals surface area contributed by atoms with E-state index in [9.17, 15) is 0 Å². The standard InChI is InChI=1S/C12H26N2O/c1-3-5-6-11(13)9-14-7-8-15-10-12(14)4-2/h11-12H,3-10,13H2,1-2H3. The zero-order chi connectivity index (χ0) is 11.1. The number of morpholine rings is 1. The lowest BCUT2D eigenvalue weighted by molar-refractivity contribution is -0.0113. The average Bonchev–Trinajstić information content (AvgIpc) is 2.27. The fourth-order valence-corrected chi connectivity index (χ4v) is 2.16. The van der Waals surface area contributed by atoms with Crippen molar-refractivity contribution in [3.63, 3.8) is 0 Å². The van der Waals surface area contributed by atoms with Crippen molar-refractivity contribution in [2.45, 2.75) is 51.6 Å². The predicted octanol–water partition coefficient (Wildman–Crippen LogP) is 1.61. The summed E-state index contributed by atoms with van der Waals surface area (Å²) in [6, 6.07) is 0.934. The highest BCUT2D eigenvalue weighted by atomic mass is 16.5. The van der Waals surface area contributed by atoms with Gasteiger partial charge >= 0.3 is 0 Å². The van der Waals surface area contributed by atoms with Gasteiger partial charge in [0.25, 0.3) is 0 Å². The maximum absolute atomic E-state index is 6.13. The van der Waals surface area contributed by atoms with Gasteiger partial charge in [0.05, 0.1) is 13.2 Å².